The lowest BCUT2D eigenvalue weighted by atomic mass is 9.80. The number of rotatable bonds is 3. The van der Waals surface area contributed by atoms with Gasteiger partial charge in [-0.2, -0.15) is 0 Å². The molecule has 196 valence electrons. The van der Waals surface area contributed by atoms with Gasteiger partial charge in [0.05, 0.1) is 31.0 Å². The molecule has 0 radical (unpaired) electrons. The van der Waals surface area contributed by atoms with Crippen LogP contribution in [0.15, 0.2) is 42.6 Å². The maximum absolute atomic E-state index is 13.8. The number of ether oxygens (including phenoxy) is 3. The minimum Gasteiger partial charge on any atom is -0.491 e. The number of nitrogens with two attached hydrogens (primary N) is 1. The van der Waals surface area contributed by atoms with Gasteiger partial charge in [-0.25, -0.2) is 4.39 Å². The van der Waals surface area contributed by atoms with Gasteiger partial charge in [0.1, 0.15) is 17.3 Å². The zero-order valence-corrected chi connectivity index (χ0v) is 23.0. The Balaban J connectivity index is 0.000000307. The van der Waals surface area contributed by atoms with Crippen molar-refractivity contribution in [2.45, 2.75) is 72.5 Å². The highest BCUT2D eigenvalue weighted by Gasteiger charge is 2.33. The molecular formula is C29H45FN2O3. The minimum absolute atomic E-state index is 0.150. The topological polar surface area (TPSA) is 65.7 Å². The first-order chi connectivity index (χ1) is 16.7. The first kappa shape index (κ1) is 30.5. The second kappa shape index (κ2) is 14.7. The van der Waals surface area contributed by atoms with Gasteiger partial charge in [0.25, 0.3) is 0 Å². The molecule has 0 aliphatic carbocycles. The van der Waals surface area contributed by atoms with Crippen molar-refractivity contribution in [2.24, 2.45) is 5.73 Å². The first-order valence-corrected chi connectivity index (χ1v) is 12.5. The summed E-state index contributed by atoms with van der Waals surface area (Å²) in [6, 6.07) is 11.4. The molecule has 5 nitrogen and oxygen atoms in total. The van der Waals surface area contributed by atoms with Crippen molar-refractivity contribution in [2.75, 3.05) is 27.3 Å². The minimum atomic E-state index is -0.230. The van der Waals surface area contributed by atoms with E-state index in [1.165, 1.54) is 24.2 Å². The number of nitrogens with one attached hydrogen (secondary N) is 1. The van der Waals surface area contributed by atoms with Gasteiger partial charge in [-0.15, -0.1) is 0 Å². The third-order valence-corrected chi connectivity index (χ3v) is 5.54. The van der Waals surface area contributed by atoms with Crippen LogP contribution in [-0.4, -0.2) is 33.4 Å². The molecule has 2 heterocycles. The summed E-state index contributed by atoms with van der Waals surface area (Å²) in [5.74, 6) is 1.37. The van der Waals surface area contributed by atoms with Crippen molar-refractivity contribution in [3.8, 4) is 5.75 Å². The quantitative estimate of drug-likeness (QED) is 0.526. The standard InChI is InChI=1S/C13H16FNO.C13H18O2.C2H6.CH5N/c1-13(2)8-16-11(7-15-3)12-9(13)5-4-6-10(12)14;1-9(2)15-13-6-4-5-11-10(3)14-8-7-12(11)13;2*1-2/h4-7,15H,8H2,1-3H3;4-6,9-10H,7-8H2,1-3H3;1-2H3;2H2,1H3/b11-7-;;;. The van der Waals surface area contributed by atoms with E-state index in [-0.39, 0.29) is 23.4 Å². The molecular weight excluding hydrogens is 443 g/mol. The highest BCUT2D eigenvalue weighted by atomic mass is 19.1. The van der Waals surface area contributed by atoms with E-state index in [1.807, 2.05) is 26.0 Å². The monoisotopic (exact) mass is 488 g/mol. The predicted octanol–water partition coefficient (Wildman–Crippen LogP) is 6.36. The molecule has 1 atom stereocenters. The summed E-state index contributed by atoms with van der Waals surface area (Å²) < 4.78 is 30.9. The molecule has 0 spiro atoms. The van der Waals surface area contributed by atoms with E-state index < -0.39 is 0 Å². The van der Waals surface area contributed by atoms with Crippen molar-refractivity contribution in [3.05, 3.63) is 70.7 Å². The summed E-state index contributed by atoms with van der Waals surface area (Å²) in [6.07, 6.45) is 3.08. The van der Waals surface area contributed by atoms with E-state index in [4.69, 9.17) is 14.2 Å². The maximum Gasteiger partial charge on any atom is 0.145 e. The first-order valence-electron chi connectivity index (χ1n) is 12.5. The molecule has 3 N–H and O–H groups in total. The van der Waals surface area contributed by atoms with Gasteiger partial charge in [0, 0.05) is 24.2 Å². The van der Waals surface area contributed by atoms with Gasteiger partial charge in [0.2, 0.25) is 0 Å². The molecule has 2 aliphatic rings. The van der Waals surface area contributed by atoms with Crippen LogP contribution < -0.4 is 15.8 Å². The van der Waals surface area contributed by atoms with E-state index in [0.29, 0.717) is 17.9 Å². The molecule has 6 heteroatoms. The van der Waals surface area contributed by atoms with E-state index in [2.05, 4.69) is 57.8 Å². The van der Waals surface area contributed by atoms with Gasteiger partial charge in [-0.05, 0) is 57.5 Å². The Hall–Kier alpha value is -2.57. The van der Waals surface area contributed by atoms with Gasteiger partial charge in [-0.3, -0.25) is 0 Å². The lowest BCUT2D eigenvalue weighted by Crippen LogP contribution is -2.30. The largest absolute Gasteiger partial charge is 0.491 e. The summed E-state index contributed by atoms with van der Waals surface area (Å²) >= 11 is 0. The zero-order chi connectivity index (χ0) is 26.6. The fourth-order valence-corrected chi connectivity index (χ4v) is 4.01. The van der Waals surface area contributed by atoms with Crippen LogP contribution in [0.5, 0.6) is 5.75 Å². The van der Waals surface area contributed by atoms with Crippen LogP contribution in [0.4, 0.5) is 4.39 Å². The second-order valence-corrected chi connectivity index (χ2v) is 8.89. The Morgan fingerprint density at radius 1 is 1.14 bits per heavy atom. The number of benzene rings is 2. The van der Waals surface area contributed by atoms with Crippen molar-refractivity contribution in [1.29, 1.82) is 0 Å². The van der Waals surface area contributed by atoms with Gasteiger partial charge in [0.15, 0.2) is 0 Å². The Bertz CT molecular complexity index is 942. The number of hydrogen-bond donors (Lipinski definition) is 2. The van der Waals surface area contributed by atoms with Crippen molar-refractivity contribution in [1.82, 2.24) is 5.32 Å². The molecule has 0 aromatic heterocycles. The van der Waals surface area contributed by atoms with Crippen LogP contribution in [-0.2, 0) is 21.3 Å². The fourth-order valence-electron chi connectivity index (χ4n) is 4.01. The van der Waals surface area contributed by atoms with Crippen molar-refractivity contribution >= 4 is 5.76 Å². The van der Waals surface area contributed by atoms with E-state index in [9.17, 15) is 4.39 Å². The van der Waals surface area contributed by atoms with Crippen LogP contribution in [0, 0.1) is 5.82 Å². The summed E-state index contributed by atoms with van der Waals surface area (Å²) in [4.78, 5) is 0. The fraction of sp³-hybridized carbons (Fsp3) is 0.517. The van der Waals surface area contributed by atoms with Crippen LogP contribution >= 0.6 is 0 Å². The van der Waals surface area contributed by atoms with Gasteiger partial charge >= 0.3 is 0 Å². The highest BCUT2D eigenvalue weighted by molar-refractivity contribution is 5.66. The third kappa shape index (κ3) is 7.97. The number of fused-ring (bicyclic) bond motifs is 2. The lowest BCUT2D eigenvalue weighted by molar-refractivity contribution is 0.0540. The lowest BCUT2D eigenvalue weighted by Gasteiger charge is -2.34. The van der Waals surface area contributed by atoms with Crippen LogP contribution in [0.3, 0.4) is 0 Å². The zero-order valence-electron chi connectivity index (χ0n) is 23.0. The SMILES string of the molecule is CC.CC(C)Oc1cccc2c1CCOC2C.CN.CN/C=C1\OCC(C)(C)c2cccc(F)c21. The normalized spacial score (nSPS) is 18.2. The second-order valence-electron chi connectivity index (χ2n) is 8.89. The predicted molar refractivity (Wildman–Crippen MR) is 144 cm³/mol. The Morgan fingerprint density at radius 2 is 1.80 bits per heavy atom. The molecule has 1 unspecified atom stereocenters. The van der Waals surface area contributed by atoms with Gasteiger partial charge < -0.3 is 25.3 Å². The Kier molecular flexibility index (Phi) is 12.8. The Labute approximate surface area is 211 Å². The summed E-state index contributed by atoms with van der Waals surface area (Å²) in [5.41, 5.74) is 8.53. The molecule has 0 amide bonds. The third-order valence-electron chi connectivity index (χ3n) is 5.54. The van der Waals surface area contributed by atoms with Crippen LogP contribution in [0.2, 0.25) is 0 Å². The summed E-state index contributed by atoms with van der Waals surface area (Å²) in [7, 11) is 3.27. The summed E-state index contributed by atoms with van der Waals surface area (Å²) in [6.45, 7) is 15.7. The molecule has 2 aromatic carbocycles. The Morgan fingerprint density at radius 3 is 2.43 bits per heavy atom. The van der Waals surface area contributed by atoms with E-state index in [0.717, 1.165) is 24.3 Å². The molecule has 2 aromatic rings. The molecule has 0 saturated heterocycles. The maximum atomic E-state index is 13.8. The van der Waals surface area contributed by atoms with Crippen molar-refractivity contribution in [3.63, 3.8) is 0 Å². The smallest absolute Gasteiger partial charge is 0.145 e. The van der Waals surface area contributed by atoms with Crippen LogP contribution in [0.1, 0.15) is 76.8 Å². The molecule has 0 bridgehead atoms. The van der Waals surface area contributed by atoms with E-state index >= 15 is 0 Å². The molecule has 4 rings (SSSR count). The summed E-state index contributed by atoms with van der Waals surface area (Å²) in [5, 5.41) is 2.88. The average Bonchev–Trinajstić information content (AvgIpc) is 2.85. The highest BCUT2D eigenvalue weighted by Crippen LogP contribution is 2.38. The molecule has 35 heavy (non-hydrogen) atoms. The molecule has 0 fully saturated rings. The van der Waals surface area contributed by atoms with Gasteiger partial charge in [-0.1, -0.05) is 52.0 Å². The van der Waals surface area contributed by atoms with Crippen molar-refractivity contribution < 1.29 is 18.6 Å². The number of halogens is 1. The van der Waals surface area contributed by atoms with E-state index in [1.54, 1.807) is 19.3 Å². The average molecular weight is 489 g/mol. The number of hydrogen-bond acceptors (Lipinski definition) is 5. The molecule has 0 saturated carbocycles. The van der Waals surface area contributed by atoms with Crippen LogP contribution in [0.25, 0.3) is 5.76 Å². The molecule has 2 aliphatic heterocycles.